The van der Waals surface area contributed by atoms with Crippen LogP contribution in [0.1, 0.15) is 29.0 Å². The number of carbonyl (C=O) groups is 1. The molecule has 0 N–H and O–H groups in total. The van der Waals surface area contributed by atoms with E-state index in [-0.39, 0.29) is 18.7 Å². The summed E-state index contributed by atoms with van der Waals surface area (Å²) in [6.07, 6.45) is -1.09. The second-order valence-corrected chi connectivity index (χ2v) is 4.67. The van der Waals surface area contributed by atoms with Gasteiger partial charge in [-0.1, -0.05) is 0 Å². The predicted octanol–water partition coefficient (Wildman–Crippen LogP) is 2.20. The third kappa shape index (κ3) is 3.21. The maximum atomic E-state index is 12.7. The fourth-order valence-electron chi connectivity index (χ4n) is 2.09. The molecule has 1 atom stereocenters. The van der Waals surface area contributed by atoms with Gasteiger partial charge in [0.2, 0.25) is 0 Å². The Morgan fingerprint density at radius 1 is 1.37 bits per heavy atom. The number of amides is 1. The second-order valence-electron chi connectivity index (χ2n) is 4.67. The topological polar surface area (TPSA) is 46.1 Å². The highest BCUT2D eigenvalue weighted by molar-refractivity contribution is 5.92. The van der Waals surface area contributed by atoms with Crippen LogP contribution in [-0.4, -0.2) is 40.0 Å². The normalized spacial score (nSPS) is 20.4. The van der Waals surface area contributed by atoms with Crippen molar-refractivity contribution < 1.29 is 18.0 Å². The first kappa shape index (κ1) is 13.8. The molecule has 0 aromatic carbocycles. The molecule has 1 amide bonds. The Labute approximate surface area is 108 Å². The van der Waals surface area contributed by atoms with Crippen LogP contribution in [-0.2, 0) is 0 Å². The zero-order chi connectivity index (χ0) is 14.0. The van der Waals surface area contributed by atoms with Crippen LogP contribution in [0.3, 0.4) is 0 Å². The van der Waals surface area contributed by atoms with Crippen molar-refractivity contribution in [1.82, 2.24) is 14.9 Å². The van der Waals surface area contributed by atoms with Gasteiger partial charge in [-0.15, -0.1) is 0 Å². The lowest BCUT2D eigenvalue weighted by molar-refractivity contribution is -0.184. The molecule has 4 nitrogen and oxygen atoms in total. The van der Waals surface area contributed by atoms with Crippen LogP contribution in [0.15, 0.2) is 12.4 Å². The highest BCUT2D eigenvalue weighted by Crippen LogP contribution is 2.33. The van der Waals surface area contributed by atoms with Crippen LogP contribution in [0, 0.1) is 12.8 Å². The SMILES string of the molecule is Cc1cnc(C(=O)N2CCC[C@@H](C(F)(F)F)C2)cn1. The minimum atomic E-state index is -4.25. The highest BCUT2D eigenvalue weighted by atomic mass is 19.4. The van der Waals surface area contributed by atoms with Crippen molar-refractivity contribution in [2.24, 2.45) is 5.92 Å². The molecule has 1 aliphatic rings. The summed E-state index contributed by atoms with van der Waals surface area (Å²) >= 11 is 0. The average molecular weight is 273 g/mol. The molecule has 1 saturated heterocycles. The van der Waals surface area contributed by atoms with Gasteiger partial charge in [0.25, 0.3) is 5.91 Å². The van der Waals surface area contributed by atoms with E-state index in [0.29, 0.717) is 18.7 Å². The van der Waals surface area contributed by atoms with Gasteiger partial charge in [-0.25, -0.2) is 4.98 Å². The Morgan fingerprint density at radius 2 is 2.11 bits per heavy atom. The molecule has 0 aliphatic carbocycles. The largest absolute Gasteiger partial charge is 0.393 e. The Bertz CT molecular complexity index is 458. The Hall–Kier alpha value is -1.66. The first-order valence-corrected chi connectivity index (χ1v) is 6.02. The van der Waals surface area contributed by atoms with Crippen molar-refractivity contribution in [3.63, 3.8) is 0 Å². The lowest BCUT2D eigenvalue weighted by atomic mass is 9.97. The molecule has 104 valence electrons. The van der Waals surface area contributed by atoms with Gasteiger partial charge >= 0.3 is 6.18 Å². The van der Waals surface area contributed by atoms with E-state index in [1.807, 2.05) is 0 Å². The van der Waals surface area contributed by atoms with Crippen LogP contribution in [0.25, 0.3) is 0 Å². The number of hydrogen-bond donors (Lipinski definition) is 0. The molecule has 2 rings (SSSR count). The van der Waals surface area contributed by atoms with Gasteiger partial charge < -0.3 is 4.90 Å². The maximum Gasteiger partial charge on any atom is 0.393 e. The number of likely N-dealkylation sites (tertiary alicyclic amines) is 1. The number of halogens is 3. The van der Waals surface area contributed by atoms with Crippen molar-refractivity contribution in [3.8, 4) is 0 Å². The summed E-state index contributed by atoms with van der Waals surface area (Å²) in [5.41, 5.74) is 0.747. The Balaban J connectivity index is 2.09. The van der Waals surface area contributed by atoms with Crippen LogP contribution < -0.4 is 0 Å². The molecule has 1 fully saturated rings. The minimum absolute atomic E-state index is 0.0762. The monoisotopic (exact) mass is 273 g/mol. The fraction of sp³-hybridized carbons (Fsp3) is 0.583. The number of alkyl halides is 3. The van der Waals surface area contributed by atoms with E-state index < -0.39 is 18.0 Å². The lowest BCUT2D eigenvalue weighted by Gasteiger charge is -2.33. The van der Waals surface area contributed by atoms with Gasteiger partial charge in [0.1, 0.15) is 5.69 Å². The summed E-state index contributed by atoms with van der Waals surface area (Å²) in [5.74, 6) is -1.93. The molecule has 2 heterocycles. The van der Waals surface area contributed by atoms with Gasteiger partial charge in [0.05, 0.1) is 17.8 Å². The number of rotatable bonds is 1. The molecule has 0 radical (unpaired) electrons. The number of aryl methyl sites for hydroxylation is 1. The molecule has 7 heteroatoms. The molecule has 1 aromatic heterocycles. The van der Waals surface area contributed by atoms with Crippen LogP contribution >= 0.6 is 0 Å². The molecule has 0 saturated carbocycles. The van der Waals surface area contributed by atoms with E-state index in [4.69, 9.17) is 0 Å². The van der Waals surface area contributed by atoms with Gasteiger partial charge in [0, 0.05) is 19.3 Å². The quantitative estimate of drug-likeness (QED) is 0.788. The first-order chi connectivity index (χ1) is 8.88. The molecular formula is C12H14F3N3O. The van der Waals surface area contributed by atoms with Crippen LogP contribution in [0.4, 0.5) is 13.2 Å². The molecule has 0 unspecified atom stereocenters. The Kier molecular flexibility index (Phi) is 3.73. The number of hydrogen-bond acceptors (Lipinski definition) is 3. The van der Waals surface area contributed by atoms with E-state index >= 15 is 0 Å². The Morgan fingerprint density at radius 3 is 2.68 bits per heavy atom. The van der Waals surface area contributed by atoms with E-state index in [1.54, 1.807) is 6.92 Å². The second kappa shape index (κ2) is 5.14. The summed E-state index contributed by atoms with van der Waals surface area (Å²) in [5, 5.41) is 0. The average Bonchev–Trinajstić information content (AvgIpc) is 2.38. The standard InChI is InChI=1S/C12H14F3N3O/c1-8-5-17-10(6-16-8)11(19)18-4-2-3-9(7-18)12(13,14)15/h5-6,9H,2-4,7H2,1H3/t9-/m1/s1. The summed E-state index contributed by atoms with van der Waals surface area (Å²) < 4.78 is 38.0. The number of piperidine rings is 1. The van der Waals surface area contributed by atoms with Crippen LogP contribution in [0.2, 0.25) is 0 Å². The number of aromatic nitrogens is 2. The highest BCUT2D eigenvalue weighted by Gasteiger charge is 2.42. The van der Waals surface area contributed by atoms with Gasteiger partial charge in [-0.05, 0) is 19.8 Å². The van der Waals surface area contributed by atoms with Crippen molar-refractivity contribution in [2.75, 3.05) is 13.1 Å². The van der Waals surface area contributed by atoms with Gasteiger partial charge in [-0.2, -0.15) is 13.2 Å². The number of carbonyl (C=O) groups excluding carboxylic acids is 1. The van der Waals surface area contributed by atoms with E-state index in [0.717, 1.165) is 0 Å². The van der Waals surface area contributed by atoms with Crippen molar-refractivity contribution >= 4 is 5.91 Å². The van der Waals surface area contributed by atoms with E-state index in [1.165, 1.54) is 17.3 Å². The molecule has 1 aromatic rings. The third-order valence-electron chi connectivity index (χ3n) is 3.17. The third-order valence-corrected chi connectivity index (χ3v) is 3.17. The lowest BCUT2D eigenvalue weighted by Crippen LogP contribution is -2.44. The molecule has 0 bridgehead atoms. The number of nitrogens with zero attached hydrogens (tertiary/aromatic N) is 3. The minimum Gasteiger partial charge on any atom is -0.337 e. The van der Waals surface area contributed by atoms with Gasteiger partial charge in [0.15, 0.2) is 0 Å². The zero-order valence-corrected chi connectivity index (χ0v) is 10.4. The van der Waals surface area contributed by atoms with Gasteiger partial charge in [-0.3, -0.25) is 9.78 Å². The van der Waals surface area contributed by atoms with Crippen LogP contribution in [0.5, 0.6) is 0 Å². The fourth-order valence-corrected chi connectivity index (χ4v) is 2.09. The molecule has 0 spiro atoms. The first-order valence-electron chi connectivity index (χ1n) is 6.02. The predicted molar refractivity (Wildman–Crippen MR) is 61.5 cm³/mol. The summed E-state index contributed by atoms with van der Waals surface area (Å²) in [6.45, 7) is 1.76. The maximum absolute atomic E-state index is 12.7. The van der Waals surface area contributed by atoms with E-state index in [2.05, 4.69) is 9.97 Å². The smallest absolute Gasteiger partial charge is 0.337 e. The summed E-state index contributed by atoms with van der Waals surface area (Å²) in [6, 6.07) is 0. The molecular weight excluding hydrogens is 259 g/mol. The zero-order valence-electron chi connectivity index (χ0n) is 10.4. The summed E-state index contributed by atoms with van der Waals surface area (Å²) in [4.78, 5) is 21.1. The van der Waals surface area contributed by atoms with Crippen molar-refractivity contribution in [1.29, 1.82) is 0 Å². The molecule has 1 aliphatic heterocycles. The van der Waals surface area contributed by atoms with Crippen molar-refractivity contribution in [3.05, 3.63) is 23.8 Å². The van der Waals surface area contributed by atoms with Crippen molar-refractivity contribution in [2.45, 2.75) is 25.9 Å². The molecule has 19 heavy (non-hydrogen) atoms. The van der Waals surface area contributed by atoms with E-state index in [9.17, 15) is 18.0 Å². The summed E-state index contributed by atoms with van der Waals surface area (Å²) in [7, 11) is 0.